The molecule has 0 spiro atoms. The molecule has 176 valence electrons. The predicted octanol–water partition coefficient (Wildman–Crippen LogP) is 5.57. The molecule has 5 nitrogen and oxygen atoms in total. The molecule has 2 aromatic carbocycles. The highest BCUT2D eigenvalue weighted by molar-refractivity contribution is 7.10. The number of carbonyl (C=O) groups excluding carboxylic acids is 1. The molecule has 6 heteroatoms. The molecule has 1 unspecified atom stereocenters. The number of ether oxygens (including phenoxy) is 3. The largest absolute Gasteiger partial charge is 0.489 e. The number of amides is 1. The van der Waals surface area contributed by atoms with E-state index in [2.05, 4.69) is 31.2 Å². The maximum absolute atomic E-state index is 13.0. The molecule has 2 aliphatic heterocycles. The summed E-state index contributed by atoms with van der Waals surface area (Å²) in [5, 5.41) is 2.01. The summed E-state index contributed by atoms with van der Waals surface area (Å²) in [7, 11) is 0. The summed E-state index contributed by atoms with van der Waals surface area (Å²) >= 11 is 1.62. The Balaban J connectivity index is 1.45. The lowest BCUT2D eigenvalue weighted by molar-refractivity contribution is -0.126. The van der Waals surface area contributed by atoms with E-state index in [9.17, 15) is 4.79 Å². The quantitative estimate of drug-likeness (QED) is 0.437. The second-order valence-corrected chi connectivity index (χ2v) is 9.75. The number of thiophene rings is 1. The van der Waals surface area contributed by atoms with Crippen LogP contribution in [0.5, 0.6) is 11.5 Å². The van der Waals surface area contributed by atoms with Gasteiger partial charge in [0.1, 0.15) is 6.61 Å². The molecular weight excluding hydrogens is 446 g/mol. The van der Waals surface area contributed by atoms with Crippen LogP contribution in [-0.4, -0.2) is 43.8 Å². The Bertz CT molecular complexity index is 1170. The zero-order valence-corrected chi connectivity index (χ0v) is 20.2. The minimum Gasteiger partial charge on any atom is -0.489 e. The molecule has 0 N–H and O–H groups in total. The lowest BCUT2D eigenvalue weighted by atomic mass is 9.97. The fourth-order valence-electron chi connectivity index (χ4n) is 4.40. The standard InChI is InChI=1S/C28H29NO4S/c1-20-5-2-3-7-25(20)22-15-23-17-29(27(30)9-8-24-6-4-14-34-24)11-13-32-28(23)26(16-22)33-19-21-10-12-31-18-21/h2-9,14-16,21H,10-13,17-19H2,1H3. The van der Waals surface area contributed by atoms with Gasteiger partial charge in [-0.05, 0) is 59.7 Å². The summed E-state index contributed by atoms with van der Waals surface area (Å²) in [6.45, 7) is 5.67. The van der Waals surface area contributed by atoms with Gasteiger partial charge in [0.15, 0.2) is 11.5 Å². The molecule has 3 heterocycles. The Morgan fingerprint density at radius 1 is 1.21 bits per heavy atom. The first-order valence-electron chi connectivity index (χ1n) is 11.7. The van der Waals surface area contributed by atoms with Crippen molar-refractivity contribution in [1.29, 1.82) is 0 Å². The third kappa shape index (κ3) is 5.18. The van der Waals surface area contributed by atoms with Crippen molar-refractivity contribution in [2.24, 2.45) is 5.92 Å². The zero-order chi connectivity index (χ0) is 23.3. The molecule has 1 aromatic heterocycles. The number of hydrogen-bond donors (Lipinski definition) is 0. The average Bonchev–Trinajstić information content (AvgIpc) is 3.52. The molecule has 34 heavy (non-hydrogen) atoms. The number of carbonyl (C=O) groups is 1. The Morgan fingerprint density at radius 3 is 2.91 bits per heavy atom. The SMILES string of the molecule is Cc1ccccc1-c1cc2c(c(OCC3CCOC3)c1)OCCN(C(=O)C=Cc1cccs1)C2. The van der Waals surface area contributed by atoms with E-state index in [0.717, 1.165) is 52.7 Å². The van der Waals surface area contributed by atoms with Gasteiger partial charge in [-0.25, -0.2) is 0 Å². The first kappa shape index (κ1) is 22.7. The van der Waals surface area contributed by atoms with Crippen LogP contribution in [0.4, 0.5) is 0 Å². The zero-order valence-electron chi connectivity index (χ0n) is 19.4. The third-order valence-corrected chi connectivity index (χ3v) is 7.14. The molecule has 1 atom stereocenters. The van der Waals surface area contributed by atoms with E-state index in [-0.39, 0.29) is 5.91 Å². The van der Waals surface area contributed by atoms with Crippen LogP contribution in [0.3, 0.4) is 0 Å². The summed E-state index contributed by atoms with van der Waals surface area (Å²) in [5.41, 5.74) is 4.38. The summed E-state index contributed by atoms with van der Waals surface area (Å²) < 4.78 is 18.0. The molecule has 0 radical (unpaired) electrons. The number of hydrogen-bond acceptors (Lipinski definition) is 5. The number of aryl methyl sites for hydroxylation is 1. The van der Waals surface area contributed by atoms with Crippen molar-refractivity contribution < 1.29 is 19.0 Å². The fraction of sp³-hybridized carbons (Fsp3) is 0.321. The van der Waals surface area contributed by atoms with E-state index < -0.39 is 0 Å². The Kier molecular flexibility index (Phi) is 6.97. The molecule has 3 aromatic rings. The topological polar surface area (TPSA) is 48.0 Å². The van der Waals surface area contributed by atoms with Crippen molar-refractivity contribution in [3.63, 3.8) is 0 Å². The van der Waals surface area contributed by atoms with E-state index in [1.807, 2.05) is 40.6 Å². The first-order valence-corrected chi connectivity index (χ1v) is 12.6. The molecule has 0 saturated carbocycles. The van der Waals surface area contributed by atoms with E-state index in [4.69, 9.17) is 14.2 Å². The van der Waals surface area contributed by atoms with Gasteiger partial charge in [0.05, 0.1) is 19.8 Å². The summed E-state index contributed by atoms with van der Waals surface area (Å²) in [5.74, 6) is 1.86. The summed E-state index contributed by atoms with van der Waals surface area (Å²) in [6, 6.07) is 16.5. The van der Waals surface area contributed by atoms with Crippen molar-refractivity contribution in [3.05, 3.63) is 76.0 Å². The maximum atomic E-state index is 13.0. The molecule has 1 amide bonds. The summed E-state index contributed by atoms with van der Waals surface area (Å²) in [4.78, 5) is 15.9. The number of rotatable bonds is 6. The molecular formula is C28H29NO4S. The monoisotopic (exact) mass is 475 g/mol. The lowest BCUT2D eigenvalue weighted by Crippen LogP contribution is -2.30. The molecule has 0 bridgehead atoms. The van der Waals surface area contributed by atoms with Gasteiger partial charge in [0.25, 0.3) is 0 Å². The van der Waals surface area contributed by atoms with Gasteiger partial charge in [-0.2, -0.15) is 0 Å². The lowest BCUT2D eigenvalue weighted by Gasteiger charge is -2.20. The van der Waals surface area contributed by atoms with E-state index in [0.29, 0.717) is 32.2 Å². The van der Waals surface area contributed by atoms with Crippen LogP contribution in [0.2, 0.25) is 0 Å². The predicted molar refractivity (Wildman–Crippen MR) is 135 cm³/mol. The van der Waals surface area contributed by atoms with Crippen molar-refractivity contribution in [2.45, 2.75) is 19.9 Å². The fourth-order valence-corrected chi connectivity index (χ4v) is 5.02. The highest BCUT2D eigenvalue weighted by atomic mass is 32.1. The van der Waals surface area contributed by atoms with Gasteiger partial charge < -0.3 is 19.1 Å². The minimum atomic E-state index is -0.0169. The van der Waals surface area contributed by atoms with Gasteiger partial charge >= 0.3 is 0 Å². The van der Waals surface area contributed by atoms with E-state index in [1.165, 1.54) is 5.56 Å². The van der Waals surface area contributed by atoms with Crippen LogP contribution in [0.1, 0.15) is 22.4 Å². The molecule has 1 saturated heterocycles. The van der Waals surface area contributed by atoms with Crippen molar-refractivity contribution in [3.8, 4) is 22.6 Å². The highest BCUT2D eigenvalue weighted by Crippen LogP contribution is 2.39. The van der Waals surface area contributed by atoms with Crippen molar-refractivity contribution >= 4 is 23.3 Å². The molecule has 0 aliphatic carbocycles. The van der Waals surface area contributed by atoms with Crippen LogP contribution < -0.4 is 9.47 Å². The molecule has 1 fully saturated rings. The van der Waals surface area contributed by atoms with Gasteiger partial charge in [0.2, 0.25) is 5.91 Å². The van der Waals surface area contributed by atoms with Gasteiger partial charge in [-0.3, -0.25) is 4.79 Å². The Morgan fingerprint density at radius 2 is 2.12 bits per heavy atom. The van der Waals surface area contributed by atoms with E-state index in [1.54, 1.807) is 17.4 Å². The molecule has 5 rings (SSSR count). The maximum Gasteiger partial charge on any atom is 0.247 e. The molecule has 2 aliphatic rings. The minimum absolute atomic E-state index is 0.0169. The van der Waals surface area contributed by atoms with Crippen molar-refractivity contribution in [1.82, 2.24) is 4.90 Å². The second-order valence-electron chi connectivity index (χ2n) is 8.78. The van der Waals surface area contributed by atoms with Crippen molar-refractivity contribution in [2.75, 3.05) is 33.0 Å². The normalized spacial score (nSPS) is 17.9. The van der Waals surface area contributed by atoms with Gasteiger partial charge in [0, 0.05) is 35.6 Å². The van der Waals surface area contributed by atoms with Crippen LogP contribution in [0.15, 0.2) is 60.0 Å². The average molecular weight is 476 g/mol. The number of benzene rings is 2. The Hall–Kier alpha value is -3.09. The summed E-state index contributed by atoms with van der Waals surface area (Å²) in [6.07, 6.45) is 4.54. The number of fused-ring (bicyclic) bond motifs is 1. The van der Waals surface area contributed by atoms with Crippen LogP contribution >= 0.6 is 11.3 Å². The number of nitrogens with zero attached hydrogens (tertiary/aromatic N) is 1. The third-order valence-electron chi connectivity index (χ3n) is 6.30. The van der Waals surface area contributed by atoms with Gasteiger partial charge in [-0.1, -0.05) is 30.3 Å². The Labute approximate surface area is 204 Å². The van der Waals surface area contributed by atoms with Crippen LogP contribution in [0.25, 0.3) is 17.2 Å². The van der Waals surface area contributed by atoms with E-state index >= 15 is 0 Å². The smallest absolute Gasteiger partial charge is 0.247 e. The first-order chi connectivity index (χ1) is 16.7. The highest BCUT2D eigenvalue weighted by Gasteiger charge is 2.24. The van der Waals surface area contributed by atoms with Crippen LogP contribution in [0, 0.1) is 12.8 Å². The van der Waals surface area contributed by atoms with Crippen LogP contribution in [-0.2, 0) is 16.1 Å². The second kappa shape index (κ2) is 10.5. The van der Waals surface area contributed by atoms with Gasteiger partial charge in [-0.15, -0.1) is 11.3 Å².